The van der Waals surface area contributed by atoms with Gasteiger partial charge in [-0.15, -0.1) is 0 Å². The Morgan fingerprint density at radius 1 is 1.10 bits per heavy atom. The molecule has 2 nitrogen and oxygen atoms in total. The van der Waals surface area contributed by atoms with Crippen molar-refractivity contribution >= 4 is 5.69 Å². The summed E-state index contributed by atoms with van der Waals surface area (Å²) in [7, 11) is 0. The van der Waals surface area contributed by atoms with Crippen LogP contribution in [0.3, 0.4) is 0 Å². The predicted octanol–water partition coefficient (Wildman–Crippen LogP) is 3.29. The van der Waals surface area contributed by atoms with Gasteiger partial charge in [0.05, 0.1) is 5.54 Å². The van der Waals surface area contributed by atoms with E-state index >= 15 is 0 Å². The number of hydrogen-bond acceptors (Lipinski definition) is 2. The van der Waals surface area contributed by atoms with E-state index in [0.717, 1.165) is 19.3 Å². The molecule has 1 aliphatic rings. The average molecular weight is 266 g/mol. The van der Waals surface area contributed by atoms with Gasteiger partial charge in [0.1, 0.15) is 0 Å². The Bertz CT molecular complexity index is 606. The Morgan fingerprint density at radius 3 is 2.65 bits per heavy atom. The van der Waals surface area contributed by atoms with Gasteiger partial charge in [-0.2, -0.15) is 0 Å². The Kier molecular flexibility index (Phi) is 3.49. The summed E-state index contributed by atoms with van der Waals surface area (Å²) < 4.78 is 0. The molecular formula is C18H22N2. The fourth-order valence-electron chi connectivity index (χ4n) is 3.16. The number of rotatable bonds is 3. The molecule has 1 atom stereocenters. The van der Waals surface area contributed by atoms with E-state index in [1.807, 2.05) is 0 Å². The molecule has 1 aliphatic carbocycles. The fourth-order valence-corrected chi connectivity index (χ4v) is 3.16. The molecule has 2 aromatic rings. The summed E-state index contributed by atoms with van der Waals surface area (Å²) >= 11 is 0. The summed E-state index contributed by atoms with van der Waals surface area (Å²) in [5.41, 5.74) is 11.5. The van der Waals surface area contributed by atoms with Gasteiger partial charge in [0, 0.05) is 12.2 Å². The van der Waals surface area contributed by atoms with Crippen molar-refractivity contribution in [1.29, 1.82) is 0 Å². The van der Waals surface area contributed by atoms with Gasteiger partial charge in [-0.25, -0.2) is 0 Å². The molecule has 20 heavy (non-hydrogen) atoms. The van der Waals surface area contributed by atoms with E-state index in [1.54, 1.807) is 0 Å². The van der Waals surface area contributed by atoms with E-state index in [-0.39, 0.29) is 5.54 Å². The Labute approximate surface area is 121 Å². The van der Waals surface area contributed by atoms with E-state index in [2.05, 4.69) is 60.8 Å². The molecule has 0 heterocycles. The summed E-state index contributed by atoms with van der Waals surface area (Å²) in [5.74, 6) is 0. The van der Waals surface area contributed by atoms with Crippen molar-refractivity contribution in [3.63, 3.8) is 0 Å². The third-order valence-electron chi connectivity index (χ3n) is 4.34. The van der Waals surface area contributed by atoms with Crippen LogP contribution in [-0.2, 0) is 12.8 Å². The van der Waals surface area contributed by atoms with Crippen molar-refractivity contribution in [1.82, 2.24) is 0 Å². The van der Waals surface area contributed by atoms with Gasteiger partial charge >= 0.3 is 0 Å². The van der Waals surface area contributed by atoms with Gasteiger partial charge in [0.2, 0.25) is 0 Å². The highest BCUT2D eigenvalue weighted by Crippen LogP contribution is 2.31. The minimum Gasteiger partial charge on any atom is -0.378 e. The number of hydrogen-bond donors (Lipinski definition) is 2. The molecule has 2 aromatic carbocycles. The van der Waals surface area contributed by atoms with Crippen LogP contribution in [0.5, 0.6) is 0 Å². The van der Waals surface area contributed by atoms with Crippen LogP contribution in [0.15, 0.2) is 48.5 Å². The van der Waals surface area contributed by atoms with Crippen LogP contribution in [0.2, 0.25) is 0 Å². The number of anilines is 1. The maximum atomic E-state index is 6.12. The molecule has 3 N–H and O–H groups in total. The van der Waals surface area contributed by atoms with Crippen molar-refractivity contribution < 1.29 is 0 Å². The van der Waals surface area contributed by atoms with Gasteiger partial charge in [-0.05, 0) is 55.0 Å². The molecule has 0 saturated carbocycles. The standard InChI is InChI=1S/C18H22N2/c1-14-5-4-8-17(11-14)20-18(13-19)10-9-15-6-2-3-7-16(15)12-18/h2-8,11,20H,9-10,12-13,19H2,1H3. The molecule has 0 aromatic heterocycles. The summed E-state index contributed by atoms with van der Waals surface area (Å²) in [6.07, 6.45) is 3.20. The van der Waals surface area contributed by atoms with Crippen LogP contribution in [-0.4, -0.2) is 12.1 Å². The average Bonchev–Trinajstić information content (AvgIpc) is 2.47. The lowest BCUT2D eigenvalue weighted by atomic mass is 9.77. The monoisotopic (exact) mass is 266 g/mol. The lowest BCUT2D eigenvalue weighted by Crippen LogP contribution is -2.49. The highest BCUT2D eigenvalue weighted by Gasteiger charge is 2.32. The zero-order chi connectivity index (χ0) is 14.0. The number of fused-ring (bicyclic) bond motifs is 1. The molecule has 0 fully saturated rings. The second-order valence-electron chi connectivity index (χ2n) is 5.92. The molecule has 1 unspecified atom stereocenters. The molecule has 0 bridgehead atoms. The normalized spacial score (nSPS) is 21.3. The molecule has 3 rings (SSSR count). The van der Waals surface area contributed by atoms with E-state index < -0.39 is 0 Å². The van der Waals surface area contributed by atoms with E-state index in [4.69, 9.17) is 5.73 Å². The van der Waals surface area contributed by atoms with Crippen LogP contribution < -0.4 is 11.1 Å². The Morgan fingerprint density at radius 2 is 1.90 bits per heavy atom. The summed E-state index contributed by atoms with van der Waals surface area (Å²) in [6.45, 7) is 2.78. The molecular weight excluding hydrogens is 244 g/mol. The molecule has 0 saturated heterocycles. The molecule has 2 heteroatoms. The van der Waals surface area contributed by atoms with Gasteiger partial charge < -0.3 is 11.1 Å². The van der Waals surface area contributed by atoms with Crippen LogP contribution in [0.1, 0.15) is 23.1 Å². The zero-order valence-electron chi connectivity index (χ0n) is 12.0. The van der Waals surface area contributed by atoms with Crippen LogP contribution in [0.4, 0.5) is 5.69 Å². The lowest BCUT2D eigenvalue weighted by molar-refractivity contribution is 0.417. The third-order valence-corrected chi connectivity index (χ3v) is 4.34. The maximum Gasteiger partial charge on any atom is 0.0539 e. The summed E-state index contributed by atoms with van der Waals surface area (Å²) in [6, 6.07) is 17.3. The molecule has 0 radical (unpaired) electrons. The number of nitrogens with two attached hydrogens (primary N) is 1. The highest BCUT2D eigenvalue weighted by molar-refractivity contribution is 5.49. The van der Waals surface area contributed by atoms with Crippen LogP contribution in [0, 0.1) is 6.92 Å². The number of nitrogens with one attached hydrogen (secondary N) is 1. The maximum absolute atomic E-state index is 6.12. The first-order valence-electron chi connectivity index (χ1n) is 7.32. The minimum absolute atomic E-state index is 0.0118. The zero-order valence-corrected chi connectivity index (χ0v) is 12.0. The number of benzene rings is 2. The van der Waals surface area contributed by atoms with E-state index in [9.17, 15) is 0 Å². The highest BCUT2D eigenvalue weighted by atomic mass is 15.0. The largest absolute Gasteiger partial charge is 0.378 e. The van der Waals surface area contributed by atoms with Crippen molar-refractivity contribution in [2.24, 2.45) is 5.73 Å². The van der Waals surface area contributed by atoms with Crippen LogP contribution >= 0.6 is 0 Å². The first-order chi connectivity index (χ1) is 9.71. The molecule has 0 spiro atoms. The SMILES string of the molecule is Cc1cccc(NC2(CN)CCc3ccccc3C2)c1. The van der Waals surface area contributed by atoms with Gasteiger partial charge in [0.15, 0.2) is 0 Å². The van der Waals surface area contributed by atoms with Crippen molar-refractivity contribution in [2.45, 2.75) is 31.7 Å². The molecule has 104 valence electrons. The van der Waals surface area contributed by atoms with Crippen molar-refractivity contribution in [2.75, 3.05) is 11.9 Å². The predicted molar refractivity (Wildman–Crippen MR) is 85.1 cm³/mol. The van der Waals surface area contributed by atoms with Crippen LogP contribution in [0.25, 0.3) is 0 Å². The lowest BCUT2D eigenvalue weighted by Gasteiger charge is -2.39. The summed E-state index contributed by atoms with van der Waals surface area (Å²) in [5, 5.41) is 3.70. The van der Waals surface area contributed by atoms with Gasteiger partial charge in [0.25, 0.3) is 0 Å². The third kappa shape index (κ3) is 2.56. The smallest absolute Gasteiger partial charge is 0.0539 e. The van der Waals surface area contributed by atoms with Gasteiger partial charge in [-0.1, -0.05) is 36.4 Å². The van der Waals surface area contributed by atoms with Gasteiger partial charge in [-0.3, -0.25) is 0 Å². The Hall–Kier alpha value is -1.80. The quantitative estimate of drug-likeness (QED) is 0.894. The van der Waals surface area contributed by atoms with E-state index in [1.165, 1.54) is 22.4 Å². The second kappa shape index (κ2) is 5.29. The topological polar surface area (TPSA) is 38.0 Å². The van der Waals surface area contributed by atoms with E-state index in [0.29, 0.717) is 6.54 Å². The molecule has 0 aliphatic heterocycles. The minimum atomic E-state index is -0.0118. The first-order valence-corrected chi connectivity index (χ1v) is 7.32. The summed E-state index contributed by atoms with van der Waals surface area (Å²) in [4.78, 5) is 0. The van der Waals surface area contributed by atoms with Crippen molar-refractivity contribution in [3.8, 4) is 0 Å². The molecule has 0 amide bonds. The van der Waals surface area contributed by atoms with Crippen molar-refractivity contribution in [3.05, 3.63) is 65.2 Å². The number of aryl methyl sites for hydroxylation is 2. The Balaban J connectivity index is 1.86. The fraction of sp³-hybridized carbons (Fsp3) is 0.333. The second-order valence-corrected chi connectivity index (χ2v) is 5.92. The first kappa shape index (κ1) is 13.2.